The number of nitrogens with one attached hydrogen (secondary N) is 1. The van der Waals surface area contributed by atoms with Crippen molar-refractivity contribution in [1.29, 1.82) is 0 Å². The van der Waals surface area contributed by atoms with Gasteiger partial charge in [-0.15, -0.1) is 16.4 Å². The fourth-order valence-corrected chi connectivity index (χ4v) is 4.04. The van der Waals surface area contributed by atoms with Crippen LogP contribution in [0.15, 0.2) is 38.9 Å². The number of hydrogen-bond acceptors (Lipinski definition) is 7. The molecule has 0 bridgehead atoms. The highest BCUT2D eigenvalue weighted by molar-refractivity contribution is 7.15. The van der Waals surface area contributed by atoms with E-state index in [-0.39, 0.29) is 12.5 Å². The highest BCUT2D eigenvalue weighted by Gasteiger charge is 2.32. The van der Waals surface area contributed by atoms with Gasteiger partial charge in [-0.25, -0.2) is 14.0 Å². The Kier molecular flexibility index (Phi) is 5.49. The fourth-order valence-electron chi connectivity index (χ4n) is 2.99. The first kappa shape index (κ1) is 20.0. The summed E-state index contributed by atoms with van der Waals surface area (Å²) in [7, 11) is 0. The Morgan fingerprint density at radius 2 is 2.07 bits per heavy atom. The third-order valence-electron chi connectivity index (χ3n) is 4.56. The largest absolute Gasteiger partial charge is 0.462 e. The lowest BCUT2D eigenvalue weighted by Gasteiger charge is -2.08. The summed E-state index contributed by atoms with van der Waals surface area (Å²) in [5.74, 6) is -1.98. The molecule has 1 amide bonds. The lowest BCUT2D eigenvalue weighted by atomic mass is 10.1. The van der Waals surface area contributed by atoms with Crippen LogP contribution in [0, 0.1) is 5.82 Å². The minimum atomic E-state index is -0.819. The molecule has 0 radical (unpaired) electrons. The van der Waals surface area contributed by atoms with Crippen LogP contribution in [0.3, 0.4) is 0 Å². The standard InChI is InChI=1S/C20H18FN3O5S/c1-2-28-19(26)16-14(11-3-4-11)10-30-18(16)22-15(25)9-24-20(27)29-17(23-24)12-5-7-13(21)8-6-12/h5-8,10-11H,2-4,9H2,1H3,(H,22,25). The first-order valence-corrected chi connectivity index (χ1v) is 10.3. The molecule has 0 aliphatic heterocycles. The predicted octanol–water partition coefficient (Wildman–Crippen LogP) is 3.40. The summed E-state index contributed by atoms with van der Waals surface area (Å²) in [5, 5.41) is 8.90. The molecular formula is C20H18FN3O5S. The van der Waals surface area contributed by atoms with Crippen molar-refractivity contribution in [2.75, 3.05) is 11.9 Å². The number of amides is 1. The van der Waals surface area contributed by atoms with Crippen LogP contribution < -0.4 is 11.1 Å². The van der Waals surface area contributed by atoms with Gasteiger partial charge in [0.15, 0.2) is 0 Å². The van der Waals surface area contributed by atoms with Crippen molar-refractivity contribution >= 4 is 28.2 Å². The van der Waals surface area contributed by atoms with Crippen LogP contribution in [-0.2, 0) is 16.1 Å². The van der Waals surface area contributed by atoms with E-state index in [1.54, 1.807) is 6.92 Å². The first-order valence-electron chi connectivity index (χ1n) is 9.38. The number of rotatable bonds is 7. The first-order chi connectivity index (χ1) is 14.5. The Labute approximate surface area is 174 Å². The molecule has 1 N–H and O–H groups in total. The van der Waals surface area contributed by atoms with Gasteiger partial charge in [0.1, 0.15) is 17.4 Å². The van der Waals surface area contributed by atoms with Crippen LogP contribution in [0.25, 0.3) is 11.5 Å². The Bertz CT molecular complexity index is 1140. The number of anilines is 1. The molecule has 1 aliphatic carbocycles. The molecular weight excluding hydrogens is 413 g/mol. The number of aromatic nitrogens is 2. The number of nitrogens with zero attached hydrogens (tertiary/aromatic N) is 2. The molecule has 1 aliphatic rings. The lowest BCUT2D eigenvalue weighted by Crippen LogP contribution is -2.26. The van der Waals surface area contributed by atoms with Crippen LogP contribution >= 0.6 is 11.3 Å². The topological polar surface area (TPSA) is 103 Å². The van der Waals surface area contributed by atoms with Crippen LogP contribution in [-0.4, -0.2) is 28.3 Å². The zero-order chi connectivity index (χ0) is 21.3. The van der Waals surface area contributed by atoms with Crippen LogP contribution in [0.4, 0.5) is 9.39 Å². The van der Waals surface area contributed by atoms with Gasteiger partial charge >= 0.3 is 11.7 Å². The molecule has 2 heterocycles. The van der Waals surface area contributed by atoms with E-state index in [0.717, 1.165) is 23.1 Å². The van der Waals surface area contributed by atoms with Crippen molar-refractivity contribution in [3.63, 3.8) is 0 Å². The normalized spacial score (nSPS) is 13.3. The smallest absolute Gasteiger partial charge is 0.437 e. The number of ether oxygens (including phenoxy) is 1. The number of esters is 1. The van der Waals surface area contributed by atoms with Crippen molar-refractivity contribution in [1.82, 2.24) is 9.78 Å². The van der Waals surface area contributed by atoms with Gasteiger partial charge in [0.05, 0.1) is 12.2 Å². The molecule has 8 nitrogen and oxygen atoms in total. The molecule has 1 aromatic carbocycles. The van der Waals surface area contributed by atoms with Crippen molar-refractivity contribution < 1.29 is 23.1 Å². The average molecular weight is 431 g/mol. The highest BCUT2D eigenvalue weighted by atomic mass is 32.1. The van der Waals surface area contributed by atoms with Gasteiger partial charge in [-0.3, -0.25) is 4.79 Å². The summed E-state index contributed by atoms with van der Waals surface area (Å²) in [5.41, 5.74) is 1.66. The van der Waals surface area contributed by atoms with Crippen LogP contribution in [0.5, 0.6) is 0 Å². The summed E-state index contributed by atoms with van der Waals surface area (Å²) in [4.78, 5) is 36.9. The molecule has 30 heavy (non-hydrogen) atoms. The maximum absolute atomic E-state index is 13.1. The SMILES string of the molecule is CCOC(=O)c1c(C2CC2)csc1NC(=O)Cn1nc(-c2ccc(F)cc2)oc1=O. The van der Waals surface area contributed by atoms with E-state index in [2.05, 4.69) is 10.4 Å². The molecule has 3 aromatic rings. The molecule has 1 saturated carbocycles. The van der Waals surface area contributed by atoms with Crippen molar-refractivity contribution in [2.45, 2.75) is 32.2 Å². The molecule has 156 valence electrons. The number of halogens is 1. The molecule has 4 rings (SSSR count). The molecule has 0 spiro atoms. The van der Waals surface area contributed by atoms with Gasteiger partial charge in [-0.1, -0.05) is 0 Å². The van der Waals surface area contributed by atoms with Gasteiger partial charge in [0, 0.05) is 5.56 Å². The Morgan fingerprint density at radius 1 is 1.33 bits per heavy atom. The highest BCUT2D eigenvalue weighted by Crippen LogP contribution is 2.46. The van der Waals surface area contributed by atoms with E-state index in [9.17, 15) is 18.8 Å². The van der Waals surface area contributed by atoms with E-state index < -0.39 is 30.0 Å². The molecule has 0 unspecified atom stereocenters. The summed E-state index contributed by atoms with van der Waals surface area (Å²) in [6.07, 6.45) is 1.99. The lowest BCUT2D eigenvalue weighted by molar-refractivity contribution is -0.117. The van der Waals surface area contributed by atoms with Crippen molar-refractivity contribution in [2.24, 2.45) is 0 Å². The molecule has 0 atom stereocenters. The number of hydrogen-bond donors (Lipinski definition) is 1. The fraction of sp³-hybridized carbons (Fsp3) is 0.300. The van der Waals surface area contributed by atoms with Crippen LogP contribution in [0.2, 0.25) is 0 Å². The average Bonchev–Trinajstić information content (AvgIpc) is 3.38. The third kappa shape index (κ3) is 4.18. The number of benzene rings is 1. The summed E-state index contributed by atoms with van der Waals surface area (Å²) >= 11 is 1.25. The second kappa shape index (κ2) is 8.23. The summed E-state index contributed by atoms with van der Waals surface area (Å²) in [6, 6.07) is 5.27. The zero-order valence-electron chi connectivity index (χ0n) is 16.0. The minimum absolute atomic E-state index is 0.0212. The maximum atomic E-state index is 13.1. The number of thiophene rings is 1. The van der Waals surface area contributed by atoms with E-state index in [0.29, 0.717) is 22.0 Å². The van der Waals surface area contributed by atoms with Gasteiger partial charge in [-0.05, 0) is 60.9 Å². The molecule has 10 heteroatoms. The van der Waals surface area contributed by atoms with E-state index in [1.807, 2.05) is 5.38 Å². The third-order valence-corrected chi connectivity index (χ3v) is 5.47. The number of carbonyl (C=O) groups is 2. The van der Waals surface area contributed by atoms with Gasteiger partial charge < -0.3 is 14.5 Å². The van der Waals surface area contributed by atoms with Crippen molar-refractivity contribution in [3.8, 4) is 11.5 Å². The van der Waals surface area contributed by atoms with E-state index in [4.69, 9.17) is 9.15 Å². The Balaban J connectivity index is 1.51. The Hall–Kier alpha value is -3.27. The summed E-state index contributed by atoms with van der Waals surface area (Å²) in [6.45, 7) is 1.55. The second-order valence-corrected chi connectivity index (χ2v) is 7.66. The second-order valence-electron chi connectivity index (χ2n) is 6.78. The maximum Gasteiger partial charge on any atom is 0.437 e. The van der Waals surface area contributed by atoms with Crippen molar-refractivity contribution in [3.05, 3.63) is 57.1 Å². The Morgan fingerprint density at radius 3 is 2.73 bits per heavy atom. The predicted molar refractivity (Wildman–Crippen MR) is 107 cm³/mol. The quantitative estimate of drug-likeness (QED) is 0.575. The van der Waals surface area contributed by atoms with Crippen LogP contribution in [0.1, 0.15) is 41.6 Å². The van der Waals surface area contributed by atoms with Gasteiger partial charge in [-0.2, -0.15) is 4.68 Å². The monoisotopic (exact) mass is 431 g/mol. The van der Waals surface area contributed by atoms with E-state index in [1.165, 1.54) is 35.6 Å². The number of carbonyl (C=O) groups excluding carboxylic acids is 2. The molecule has 0 saturated heterocycles. The molecule has 1 fully saturated rings. The van der Waals surface area contributed by atoms with Gasteiger partial charge in [0.25, 0.3) is 0 Å². The van der Waals surface area contributed by atoms with Gasteiger partial charge in [0.2, 0.25) is 11.8 Å². The van der Waals surface area contributed by atoms with E-state index >= 15 is 0 Å². The minimum Gasteiger partial charge on any atom is -0.462 e. The zero-order valence-corrected chi connectivity index (χ0v) is 16.8. The summed E-state index contributed by atoms with van der Waals surface area (Å²) < 4.78 is 24.1. The molecule has 2 aromatic heterocycles.